The first-order chi connectivity index (χ1) is 12.3. The van der Waals surface area contributed by atoms with Crippen LogP contribution in [0.1, 0.15) is 12.1 Å². The topological polar surface area (TPSA) is 90.0 Å². The number of rotatable bonds is 9. The second-order valence-corrected chi connectivity index (χ2v) is 5.81. The van der Waals surface area contributed by atoms with Crippen LogP contribution in [-0.2, 0) is 20.9 Å². The zero-order chi connectivity index (χ0) is 17.3. The Labute approximate surface area is 146 Å². The lowest BCUT2D eigenvalue weighted by Crippen LogP contribution is -2.38. The molecule has 0 spiro atoms. The number of nitrogens with one attached hydrogen (secondary N) is 1. The SMILES string of the molecule is O=C(COCc1cc(-c2ccco2)on1)NCCCN1CCOCC1. The van der Waals surface area contributed by atoms with E-state index < -0.39 is 0 Å². The van der Waals surface area contributed by atoms with Crippen LogP contribution in [-0.4, -0.2) is 62.0 Å². The van der Waals surface area contributed by atoms with Crippen molar-refractivity contribution < 1.29 is 23.2 Å². The van der Waals surface area contributed by atoms with E-state index in [4.69, 9.17) is 18.4 Å². The van der Waals surface area contributed by atoms with Gasteiger partial charge in [-0.3, -0.25) is 9.69 Å². The predicted octanol–water partition coefficient (Wildman–Crippen LogP) is 1.29. The minimum atomic E-state index is -0.128. The molecule has 0 unspecified atom stereocenters. The Morgan fingerprint density at radius 2 is 2.20 bits per heavy atom. The summed E-state index contributed by atoms with van der Waals surface area (Å²) in [6, 6.07) is 5.30. The number of aromatic nitrogens is 1. The minimum Gasteiger partial charge on any atom is -0.461 e. The van der Waals surface area contributed by atoms with Crippen molar-refractivity contribution in [1.29, 1.82) is 0 Å². The average molecular weight is 349 g/mol. The third-order valence-corrected chi connectivity index (χ3v) is 3.88. The quantitative estimate of drug-likeness (QED) is 0.682. The number of hydrogen-bond donors (Lipinski definition) is 1. The normalized spacial score (nSPS) is 15.4. The van der Waals surface area contributed by atoms with Crippen molar-refractivity contribution in [1.82, 2.24) is 15.4 Å². The summed E-state index contributed by atoms with van der Waals surface area (Å²) < 4.78 is 21.1. The molecule has 0 atom stereocenters. The number of nitrogens with zero attached hydrogens (tertiary/aromatic N) is 2. The number of carbonyl (C=O) groups excluding carboxylic acids is 1. The van der Waals surface area contributed by atoms with Gasteiger partial charge in [-0.2, -0.15) is 0 Å². The van der Waals surface area contributed by atoms with Crippen LogP contribution in [0.3, 0.4) is 0 Å². The first-order valence-electron chi connectivity index (χ1n) is 8.45. The van der Waals surface area contributed by atoms with Gasteiger partial charge in [-0.25, -0.2) is 0 Å². The second-order valence-electron chi connectivity index (χ2n) is 5.81. The van der Waals surface area contributed by atoms with E-state index in [1.165, 1.54) is 0 Å². The highest BCUT2D eigenvalue weighted by Crippen LogP contribution is 2.20. The monoisotopic (exact) mass is 349 g/mol. The molecule has 0 radical (unpaired) electrons. The molecule has 136 valence electrons. The maximum atomic E-state index is 11.7. The lowest BCUT2D eigenvalue weighted by molar-refractivity contribution is -0.126. The summed E-state index contributed by atoms with van der Waals surface area (Å²) in [5.74, 6) is 1.02. The zero-order valence-electron chi connectivity index (χ0n) is 14.1. The minimum absolute atomic E-state index is 0.000496. The molecule has 1 aliphatic rings. The van der Waals surface area contributed by atoms with Gasteiger partial charge in [0.15, 0.2) is 5.76 Å². The Hall–Kier alpha value is -2.16. The Kier molecular flexibility index (Phi) is 6.61. The van der Waals surface area contributed by atoms with Crippen LogP contribution in [0.25, 0.3) is 11.5 Å². The maximum absolute atomic E-state index is 11.7. The van der Waals surface area contributed by atoms with E-state index in [1.807, 2.05) is 0 Å². The van der Waals surface area contributed by atoms with Crippen LogP contribution in [0.4, 0.5) is 0 Å². The molecule has 0 saturated carbocycles. The molecule has 2 aromatic heterocycles. The van der Waals surface area contributed by atoms with Crippen LogP contribution in [0.15, 0.2) is 33.4 Å². The fraction of sp³-hybridized carbons (Fsp3) is 0.529. The summed E-state index contributed by atoms with van der Waals surface area (Å²) in [6.07, 6.45) is 2.49. The van der Waals surface area contributed by atoms with Gasteiger partial charge in [-0.1, -0.05) is 5.16 Å². The molecule has 1 aliphatic heterocycles. The van der Waals surface area contributed by atoms with Crippen LogP contribution < -0.4 is 5.32 Å². The summed E-state index contributed by atoms with van der Waals surface area (Å²) in [5, 5.41) is 6.74. The van der Waals surface area contributed by atoms with Gasteiger partial charge in [0, 0.05) is 25.7 Å². The van der Waals surface area contributed by atoms with Gasteiger partial charge in [-0.05, 0) is 25.1 Å². The molecule has 3 heterocycles. The molecule has 2 aromatic rings. The van der Waals surface area contributed by atoms with Crippen molar-refractivity contribution in [2.24, 2.45) is 0 Å². The summed E-state index contributed by atoms with van der Waals surface area (Å²) in [7, 11) is 0. The highest BCUT2D eigenvalue weighted by atomic mass is 16.5. The molecule has 8 heteroatoms. The molecule has 1 N–H and O–H groups in total. The molecule has 8 nitrogen and oxygen atoms in total. The fourth-order valence-electron chi connectivity index (χ4n) is 2.57. The van der Waals surface area contributed by atoms with E-state index in [0.717, 1.165) is 39.3 Å². The van der Waals surface area contributed by atoms with Crippen molar-refractivity contribution in [3.8, 4) is 11.5 Å². The van der Waals surface area contributed by atoms with Gasteiger partial charge in [0.25, 0.3) is 0 Å². The van der Waals surface area contributed by atoms with Crippen LogP contribution >= 0.6 is 0 Å². The van der Waals surface area contributed by atoms with Crippen molar-refractivity contribution in [2.75, 3.05) is 46.0 Å². The Balaban J connectivity index is 1.26. The number of furan rings is 1. The molecule has 0 bridgehead atoms. The fourth-order valence-corrected chi connectivity index (χ4v) is 2.57. The third-order valence-electron chi connectivity index (χ3n) is 3.88. The number of carbonyl (C=O) groups is 1. The smallest absolute Gasteiger partial charge is 0.246 e. The van der Waals surface area contributed by atoms with Gasteiger partial charge in [0.05, 0.1) is 26.1 Å². The number of morpholine rings is 1. The molecule has 25 heavy (non-hydrogen) atoms. The largest absolute Gasteiger partial charge is 0.461 e. The summed E-state index contributed by atoms with van der Waals surface area (Å²) >= 11 is 0. The standard InChI is InChI=1S/C17H23N3O5/c21-17(18-4-2-5-20-6-9-22-10-7-20)13-23-12-14-11-16(25-19-14)15-3-1-8-24-15/h1,3,8,11H,2,4-7,9-10,12-13H2,(H,18,21). The van der Waals surface area contributed by atoms with E-state index in [2.05, 4.69) is 15.4 Å². The number of amides is 1. The zero-order valence-corrected chi connectivity index (χ0v) is 14.1. The van der Waals surface area contributed by atoms with Crippen molar-refractivity contribution in [3.63, 3.8) is 0 Å². The number of ether oxygens (including phenoxy) is 2. The van der Waals surface area contributed by atoms with Crippen molar-refractivity contribution in [3.05, 3.63) is 30.2 Å². The Bertz CT molecular complexity index is 635. The first kappa shape index (κ1) is 17.7. The van der Waals surface area contributed by atoms with Crippen molar-refractivity contribution in [2.45, 2.75) is 13.0 Å². The van der Waals surface area contributed by atoms with Crippen LogP contribution in [0, 0.1) is 0 Å². The molecule has 0 aromatic carbocycles. The second kappa shape index (κ2) is 9.36. The Morgan fingerprint density at radius 3 is 3.00 bits per heavy atom. The molecule has 1 amide bonds. The van der Waals surface area contributed by atoms with Crippen LogP contribution in [0.2, 0.25) is 0 Å². The lowest BCUT2D eigenvalue weighted by Gasteiger charge is -2.26. The molecule has 1 fully saturated rings. The van der Waals surface area contributed by atoms with Crippen molar-refractivity contribution >= 4 is 5.91 Å². The molecule has 0 aliphatic carbocycles. The van der Waals surface area contributed by atoms with Gasteiger partial charge in [0.1, 0.15) is 12.3 Å². The molecule has 1 saturated heterocycles. The van der Waals surface area contributed by atoms with Gasteiger partial charge >= 0.3 is 0 Å². The summed E-state index contributed by atoms with van der Waals surface area (Å²) in [4.78, 5) is 14.1. The molecular weight excluding hydrogens is 326 g/mol. The summed E-state index contributed by atoms with van der Waals surface area (Å²) in [5.41, 5.74) is 0.617. The van der Waals surface area contributed by atoms with E-state index in [1.54, 1.807) is 24.5 Å². The molecule has 3 rings (SSSR count). The highest BCUT2D eigenvalue weighted by Gasteiger charge is 2.11. The Morgan fingerprint density at radius 1 is 1.32 bits per heavy atom. The van der Waals surface area contributed by atoms with Gasteiger partial charge < -0.3 is 23.7 Å². The van der Waals surface area contributed by atoms with E-state index in [0.29, 0.717) is 23.8 Å². The third kappa shape index (κ3) is 5.70. The van der Waals surface area contributed by atoms with E-state index >= 15 is 0 Å². The summed E-state index contributed by atoms with van der Waals surface area (Å²) in [6.45, 7) is 5.36. The van der Waals surface area contributed by atoms with Crippen LogP contribution in [0.5, 0.6) is 0 Å². The van der Waals surface area contributed by atoms with Gasteiger partial charge in [-0.15, -0.1) is 0 Å². The first-order valence-corrected chi connectivity index (χ1v) is 8.45. The average Bonchev–Trinajstić information content (AvgIpc) is 3.31. The van der Waals surface area contributed by atoms with E-state index in [-0.39, 0.29) is 19.1 Å². The van der Waals surface area contributed by atoms with Gasteiger partial charge in [0.2, 0.25) is 11.7 Å². The number of hydrogen-bond acceptors (Lipinski definition) is 7. The maximum Gasteiger partial charge on any atom is 0.246 e. The lowest BCUT2D eigenvalue weighted by atomic mass is 10.3. The van der Waals surface area contributed by atoms with E-state index in [9.17, 15) is 4.79 Å². The molecular formula is C17H23N3O5. The predicted molar refractivity (Wildman–Crippen MR) is 88.7 cm³/mol. The highest BCUT2D eigenvalue weighted by molar-refractivity contribution is 5.77.